The molecule has 0 radical (unpaired) electrons. The minimum absolute atomic E-state index is 0.0709. The number of nitrogens with one attached hydrogen (secondary N) is 1. The number of piperidine rings is 1. The third-order valence-electron chi connectivity index (χ3n) is 5.51. The molecule has 3 rings (SSSR count). The number of rotatable bonds is 7. The Kier molecular flexibility index (Phi) is 7.62. The van der Waals surface area contributed by atoms with Gasteiger partial charge in [0.05, 0.1) is 16.5 Å². The second-order valence-electron chi connectivity index (χ2n) is 7.97. The second-order valence-corrected chi connectivity index (χ2v) is 10.3. The van der Waals surface area contributed by atoms with Gasteiger partial charge in [-0.1, -0.05) is 37.6 Å². The van der Waals surface area contributed by atoms with E-state index in [2.05, 4.69) is 19.2 Å². The summed E-state index contributed by atoms with van der Waals surface area (Å²) < 4.78 is 32.8. The molecule has 0 spiro atoms. The number of nitrogens with zero attached hydrogens (tertiary/aromatic N) is 1. The van der Waals surface area contributed by atoms with Crippen LogP contribution in [0.2, 0.25) is 5.02 Å². The first-order valence-corrected chi connectivity index (χ1v) is 12.4. The van der Waals surface area contributed by atoms with Crippen molar-refractivity contribution in [3.8, 4) is 5.75 Å². The smallest absolute Gasteiger partial charge is 0.243 e. The lowest BCUT2D eigenvalue weighted by Gasteiger charge is -2.30. The number of hydrogen-bond acceptors (Lipinski definition) is 4. The minimum Gasteiger partial charge on any atom is -0.492 e. The molecule has 1 N–H and O–H groups in total. The number of sulfonamides is 1. The lowest BCUT2D eigenvalue weighted by molar-refractivity contribution is -0.120. The van der Waals surface area contributed by atoms with Crippen LogP contribution in [0, 0.1) is 5.92 Å². The van der Waals surface area contributed by atoms with Gasteiger partial charge in [0.2, 0.25) is 15.9 Å². The fourth-order valence-electron chi connectivity index (χ4n) is 3.62. The number of ether oxygens (including phenoxy) is 1. The molecule has 1 aliphatic rings. The molecule has 2 aromatic carbocycles. The summed E-state index contributed by atoms with van der Waals surface area (Å²) in [4.78, 5) is 12.8. The van der Waals surface area contributed by atoms with Crippen molar-refractivity contribution in [2.75, 3.05) is 25.0 Å². The number of amides is 1. The molecule has 1 aliphatic heterocycles. The highest BCUT2D eigenvalue weighted by atomic mass is 35.5. The van der Waals surface area contributed by atoms with Crippen LogP contribution in [0.3, 0.4) is 0 Å². The summed E-state index contributed by atoms with van der Waals surface area (Å²) in [5.74, 6) is 0.597. The highest BCUT2D eigenvalue weighted by Gasteiger charge is 2.32. The van der Waals surface area contributed by atoms with Gasteiger partial charge in [-0.05, 0) is 61.6 Å². The number of hydrogen-bond donors (Lipinski definition) is 1. The van der Waals surface area contributed by atoms with Gasteiger partial charge in [0.1, 0.15) is 5.75 Å². The molecule has 1 amide bonds. The van der Waals surface area contributed by atoms with Crippen LogP contribution in [0.5, 0.6) is 5.75 Å². The molecule has 0 saturated carbocycles. The van der Waals surface area contributed by atoms with Crippen molar-refractivity contribution in [2.45, 2.75) is 44.4 Å². The summed E-state index contributed by atoms with van der Waals surface area (Å²) in [7, 11) is -3.68. The molecular formula is C23H29ClN2O4S. The Morgan fingerprint density at radius 2 is 1.81 bits per heavy atom. The molecular weight excluding hydrogens is 436 g/mol. The summed E-state index contributed by atoms with van der Waals surface area (Å²) in [5, 5.41) is 3.21. The summed E-state index contributed by atoms with van der Waals surface area (Å²) in [6.07, 6.45) is 0.944. The van der Waals surface area contributed by atoms with Crippen molar-refractivity contribution in [3.63, 3.8) is 0 Å². The van der Waals surface area contributed by atoms with E-state index in [4.69, 9.17) is 16.3 Å². The number of benzene rings is 2. The van der Waals surface area contributed by atoms with Gasteiger partial charge in [0, 0.05) is 24.7 Å². The van der Waals surface area contributed by atoms with Crippen LogP contribution in [0.4, 0.5) is 5.69 Å². The van der Waals surface area contributed by atoms with E-state index in [-0.39, 0.29) is 34.8 Å². The molecule has 0 aliphatic carbocycles. The normalized spacial score (nSPS) is 15.8. The van der Waals surface area contributed by atoms with Crippen LogP contribution in [0.25, 0.3) is 0 Å². The van der Waals surface area contributed by atoms with Gasteiger partial charge in [-0.3, -0.25) is 4.79 Å². The van der Waals surface area contributed by atoms with Crippen LogP contribution in [0.1, 0.15) is 45.1 Å². The topological polar surface area (TPSA) is 75.7 Å². The highest BCUT2D eigenvalue weighted by molar-refractivity contribution is 7.89. The number of halogens is 1. The Labute approximate surface area is 189 Å². The van der Waals surface area contributed by atoms with Crippen molar-refractivity contribution in [2.24, 2.45) is 5.92 Å². The quantitative estimate of drug-likeness (QED) is 0.632. The summed E-state index contributed by atoms with van der Waals surface area (Å²) in [5.41, 5.74) is 1.97. The Morgan fingerprint density at radius 1 is 1.16 bits per heavy atom. The van der Waals surface area contributed by atoms with Gasteiger partial charge in [0.25, 0.3) is 0 Å². The fraction of sp³-hybridized carbons (Fsp3) is 0.435. The van der Waals surface area contributed by atoms with Crippen LogP contribution in [0.15, 0.2) is 47.4 Å². The summed E-state index contributed by atoms with van der Waals surface area (Å²) in [6.45, 7) is 7.10. The van der Waals surface area contributed by atoms with Crippen molar-refractivity contribution in [1.82, 2.24) is 4.31 Å². The SMILES string of the molecule is CCOc1ccc(S(=O)(=O)N2CCC(C(=O)Nc3ccc(C(C)C)cc3)CC2)cc1Cl. The number of carbonyl (C=O) groups is 1. The maximum Gasteiger partial charge on any atom is 0.243 e. The number of anilines is 1. The van der Waals surface area contributed by atoms with E-state index in [1.54, 1.807) is 6.07 Å². The maximum atomic E-state index is 13.0. The molecule has 1 saturated heterocycles. The predicted octanol–water partition coefficient (Wildman–Crippen LogP) is 4.90. The molecule has 6 nitrogen and oxygen atoms in total. The third-order valence-corrected chi connectivity index (χ3v) is 7.70. The van der Waals surface area contributed by atoms with Gasteiger partial charge in [-0.2, -0.15) is 4.31 Å². The zero-order valence-corrected chi connectivity index (χ0v) is 19.7. The lowest BCUT2D eigenvalue weighted by Crippen LogP contribution is -2.41. The Bertz CT molecular complexity index is 1010. The van der Waals surface area contributed by atoms with E-state index in [1.165, 1.54) is 22.0 Å². The zero-order valence-electron chi connectivity index (χ0n) is 18.1. The molecule has 0 atom stereocenters. The van der Waals surface area contributed by atoms with E-state index in [0.717, 1.165) is 5.69 Å². The maximum absolute atomic E-state index is 13.0. The highest BCUT2D eigenvalue weighted by Crippen LogP contribution is 2.30. The molecule has 0 unspecified atom stereocenters. The van der Waals surface area contributed by atoms with Crippen molar-refractivity contribution < 1.29 is 17.9 Å². The van der Waals surface area contributed by atoms with Crippen LogP contribution in [-0.4, -0.2) is 38.3 Å². The summed E-state index contributed by atoms with van der Waals surface area (Å²) >= 11 is 6.16. The van der Waals surface area contributed by atoms with Crippen molar-refractivity contribution in [3.05, 3.63) is 53.1 Å². The Morgan fingerprint density at radius 3 is 2.35 bits per heavy atom. The van der Waals surface area contributed by atoms with E-state index < -0.39 is 10.0 Å². The zero-order chi connectivity index (χ0) is 22.6. The lowest BCUT2D eigenvalue weighted by atomic mass is 9.97. The predicted molar refractivity (Wildman–Crippen MR) is 123 cm³/mol. The van der Waals surface area contributed by atoms with Gasteiger partial charge in [0.15, 0.2) is 0 Å². The van der Waals surface area contributed by atoms with E-state index in [9.17, 15) is 13.2 Å². The molecule has 0 bridgehead atoms. The van der Waals surface area contributed by atoms with Gasteiger partial charge >= 0.3 is 0 Å². The molecule has 8 heteroatoms. The Balaban J connectivity index is 1.60. The minimum atomic E-state index is -3.68. The average molecular weight is 465 g/mol. The van der Waals surface area contributed by atoms with E-state index in [0.29, 0.717) is 31.1 Å². The average Bonchev–Trinajstić information content (AvgIpc) is 2.75. The first kappa shape index (κ1) is 23.6. The standard InChI is InChI=1S/C23H29ClN2O4S/c1-4-30-22-10-9-20(15-21(22)24)31(28,29)26-13-11-18(12-14-26)23(27)25-19-7-5-17(6-8-19)16(2)3/h5-10,15-16,18H,4,11-14H2,1-3H3,(H,25,27). The molecule has 31 heavy (non-hydrogen) atoms. The van der Waals surface area contributed by atoms with E-state index >= 15 is 0 Å². The van der Waals surface area contributed by atoms with Crippen LogP contribution in [-0.2, 0) is 14.8 Å². The van der Waals surface area contributed by atoms with Gasteiger partial charge in [-0.15, -0.1) is 0 Å². The number of carbonyl (C=O) groups excluding carboxylic acids is 1. The molecule has 0 aromatic heterocycles. The first-order chi connectivity index (χ1) is 14.7. The molecule has 1 fully saturated rings. The van der Waals surface area contributed by atoms with Crippen molar-refractivity contribution in [1.29, 1.82) is 0 Å². The monoisotopic (exact) mass is 464 g/mol. The van der Waals surface area contributed by atoms with Gasteiger partial charge in [-0.25, -0.2) is 8.42 Å². The molecule has 1 heterocycles. The van der Waals surface area contributed by atoms with Crippen molar-refractivity contribution >= 4 is 33.2 Å². The van der Waals surface area contributed by atoms with Gasteiger partial charge < -0.3 is 10.1 Å². The molecule has 2 aromatic rings. The third kappa shape index (κ3) is 5.59. The largest absolute Gasteiger partial charge is 0.492 e. The van der Waals surface area contributed by atoms with Crippen LogP contribution >= 0.6 is 11.6 Å². The van der Waals surface area contributed by atoms with E-state index in [1.807, 2.05) is 31.2 Å². The first-order valence-electron chi connectivity index (χ1n) is 10.6. The Hall–Kier alpha value is -2.09. The summed E-state index contributed by atoms with van der Waals surface area (Å²) in [6, 6.07) is 12.3. The second kappa shape index (κ2) is 10.0. The van der Waals surface area contributed by atoms with Crippen LogP contribution < -0.4 is 10.1 Å². The molecule has 168 valence electrons. The fourth-order valence-corrected chi connectivity index (χ4v) is 5.41.